The number of aromatic nitrogens is 5. The molecule has 2 fully saturated rings. The maximum atomic E-state index is 13.5. The molecule has 2 aliphatic rings. The molecule has 2 saturated heterocycles. The van der Waals surface area contributed by atoms with Gasteiger partial charge in [-0.15, -0.1) is 11.8 Å². The standard InChI is InChI=1S/C33H39F2N9O4S/c1-21(2)49-23-5-6-27(48-33(34)35)24(17-23)29-26(38-31(46)25-18-37-44-10-4-9-36-30(25)44)19-43(39-29)20-28(45)41-11-7-22(8-12-41)32(47)42-15-13-40(3)14-16-42/h4-6,9-10,17-19,21-22,33H,7-8,11-16,20H2,1-3H3,(H,38,46). The lowest BCUT2D eigenvalue weighted by molar-refractivity contribution is -0.142. The Labute approximate surface area is 286 Å². The number of piperidine rings is 1. The van der Waals surface area contributed by atoms with Gasteiger partial charge in [0, 0.05) is 79.5 Å². The van der Waals surface area contributed by atoms with Gasteiger partial charge in [-0.1, -0.05) is 13.8 Å². The molecule has 260 valence electrons. The van der Waals surface area contributed by atoms with Crippen LogP contribution in [0.1, 0.15) is 37.0 Å². The number of carbonyl (C=O) groups excluding carboxylic acids is 3. The summed E-state index contributed by atoms with van der Waals surface area (Å²) in [6.45, 7) is 4.76. The Morgan fingerprint density at radius 3 is 2.53 bits per heavy atom. The zero-order valence-corrected chi connectivity index (χ0v) is 28.4. The predicted octanol–water partition coefficient (Wildman–Crippen LogP) is 3.96. The molecule has 1 N–H and O–H groups in total. The molecule has 2 aliphatic heterocycles. The number of likely N-dealkylation sites (N-methyl/N-ethyl adjacent to an activating group) is 1. The molecule has 13 nitrogen and oxygen atoms in total. The number of piperazine rings is 1. The third-order valence-corrected chi connectivity index (χ3v) is 9.63. The Bertz CT molecular complexity index is 1810. The van der Waals surface area contributed by atoms with Crippen LogP contribution < -0.4 is 10.1 Å². The number of hydrogen-bond acceptors (Lipinski definition) is 9. The minimum absolute atomic E-state index is 0.121. The first-order valence-electron chi connectivity index (χ1n) is 16.2. The molecule has 0 bridgehead atoms. The Morgan fingerprint density at radius 1 is 1.06 bits per heavy atom. The Hall–Kier alpha value is -4.57. The third-order valence-electron chi connectivity index (χ3n) is 8.64. The predicted molar refractivity (Wildman–Crippen MR) is 180 cm³/mol. The van der Waals surface area contributed by atoms with Crippen molar-refractivity contribution in [2.24, 2.45) is 5.92 Å². The largest absolute Gasteiger partial charge is 0.434 e. The molecule has 49 heavy (non-hydrogen) atoms. The maximum absolute atomic E-state index is 13.5. The number of carbonyl (C=O) groups is 3. The van der Waals surface area contributed by atoms with Crippen LogP contribution in [0.5, 0.6) is 5.75 Å². The molecule has 1 aromatic carbocycles. The number of amides is 3. The number of likely N-dealkylation sites (tertiary alicyclic amines) is 1. The van der Waals surface area contributed by atoms with Gasteiger partial charge in [0.25, 0.3) is 5.91 Å². The summed E-state index contributed by atoms with van der Waals surface area (Å²) < 4.78 is 34.8. The fourth-order valence-corrected chi connectivity index (χ4v) is 6.98. The molecular formula is C33H39F2N9O4S. The van der Waals surface area contributed by atoms with Crippen molar-refractivity contribution in [3.8, 4) is 17.0 Å². The first-order chi connectivity index (χ1) is 23.5. The van der Waals surface area contributed by atoms with Gasteiger partial charge in [-0.05, 0) is 44.2 Å². The van der Waals surface area contributed by atoms with E-state index >= 15 is 0 Å². The lowest BCUT2D eigenvalue weighted by atomic mass is 9.95. The van der Waals surface area contributed by atoms with E-state index in [1.807, 2.05) is 25.8 Å². The lowest BCUT2D eigenvalue weighted by Crippen LogP contribution is -2.51. The average Bonchev–Trinajstić information content (AvgIpc) is 3.69. The van der Waals surface area contributed by atoms with Crippen molar-refractivity contribution in [3.05, 3.63) is 54.6 Å². The van der Waals surface area contributed by atoms with Crippen LogP contribution in [0.3, 0.4) is 0 Å². The van der Waals surface area contributed by atoms with E-state index in [1.54, 1.807) is 35.5 Å². The van der Waals surface area contributed by atoms with E-state index in [0.717, 1.165) is 18.0 Å². The quantitative estimate of drug-likeness (QED) is 0.245. The molecule has 0 saturated carbocycles. The van der Waals surface area contributed by atoms with Crippen LogP contribution in [0.2, 0.25) is 0 Å². The molecule has 0 radical (unpaired) electrons. The minimum atomic E-state index is -3.10. The van der Waals surface area contributed by atoms with Gasteiger partial charge in [-0.2, -0.15) is 19.0 Å². The monoisotopic (exact) mass is 695 g/mol. The first kappa shape index (κ1) is 34.3. The number of fused-ring (bicyclic) bond motifs is 1. The summed E-state index contributed by atoms with van der Waals surface area (Å²) in [5.74, 6) is -0.850. The van der Waals surface area contributed by atoms with Crippen LogP contribution in [-0.2, 0) is 16.1 Å². The molecule has 4 aromatic rings. The zero-order valence-electron chi connectivity index (χ0n) is 27.6. The lowest BCUT2D eigenvalue weighted by Gasteiger charge is -2.37. The van der Waals surface area contributed by atoms with E-state index in [-0.39, 0.29) is 57.8 Å². The van der Waals surface area contributed by atoms with E-state index in [1.165, 1.54) is 39.4 Å². The number of anilines is 1. The molecule has 0 unspecified atom stereocenters. The van der Waals surface area contributed by atoms with E-state index in [4.69, 9.17) is 4.74 Å². The number of alkyl halides is 2. The van der Waals surface area contributed by atoms with Crippen molar-refractivity contribution in [3.63, 3.8) is 0 Å². The fraction of sp³-hybridized carbons (Fsp3) is 0.455. The average molecular weight is 696 g/mol. The summed E-state index contributed by atoms with van der Waals surface area (Å²) in [7, 11) is 2.05. The van der Waals surface area contributed by atoms with Crippen molar-refractivity contribution in [1.29, 1.82) is 0 Å². The van der Waals surface area contributed by atoms with Crippen LogP contribution in [-0.4, -0.2) is 115 Å². The van der Waals surface area contributed by atoms with Gasteiger partial charge >= 0.3 is 6.61 Å². The molecule has 16 heteroatoms. The van der Waals surface area contributed by atoms with Crippen molar-refractivity contribution in [2.75, 3.05) is 51.6 Å². The number of rotatable bonds is 10. The van der Waals surface area contributed by atoms with Crippen LogP contribution in [0.25, 0.3) is 16.9 Å². The smallest absolute Gasteiger partial charge is 0.387 e. The maximum Gasteiger partial charge on any atom is 0.387 e. The van der Waals surface area contributed by atoms with E-state index in [0.29, 0.717) is 44.7 Å². The number of benzene rings is 1. The van der Waals surface area contributed by atoms with Gasteiger partial charge in [-0.25, -0.2) is 9.50 Å². The number of ether oxygens (including phenoxy) is 1. The van der Waals surface area contributed by atoms with Crippen molar-refractivity contribution in [1.82, 2.24) is 39.1 Å². The summed E-state index contributed by atoms with van der Waals surface area (Å²) in [5, 5.41) is 11.8. The van der Waals surface area contributed by atoms with Crippen LogP contribution in [0.15, 0.2) is 53.9 Å². The van der Waals surface area contributed by atoms with Gasteiger partial charge in [0.2, 0.25) is 11.8 Å². The summed E-state index contributed by atoms with van der Waals surface area (Å²) in [4.78, 5) is 51.0. The van der Waals surface area contributed by atoms with E-state index in [2.05, 4.69) is 25.4 Å². The van der Waals surface area contributed by atoms with Crippen LogP contribution >= 0.6 is 11.8 Å². The van der Waals surface area contributed by atoms with Gasteiger partial charge in [0.1, 0.15) is 23.6 Å². The Kier molecular flexibility index (Phi) is 10.4. The normalized spacial score (nSPS) is 16.1. The van der Waals surface area contributed by atoms with E-state index in [9.17, 15) is 23.2 Å². The zero-order chi connectivity index (χ0) is 34.7. The van der Waals surface area contributed by atoms with Gasteiger partial charge in [0.15, 0.2) is 5.65 Å². The van der Waals surface area contributed by atoms with E-state index < -0.39 is 12.5 Å². The van der Waals surface area contributed by atoms with Crippen molar-refractivity contribution in [2.45, 2.75) is 50.0 Å². The topological polar surface area (TPSA) is 130 Å². The number of nitrogens with one attached hydrogen (secondary N) is 1. The number of halogens is 2. The molecule has 3 amide bonds. The molecule has 0 atom stereocenters. The molecular weight excluding hydrogens is 656 g/mol. The van der Waals surface area contributed by atoms with Crippen LogP contribution in [0, 0.1) is 5.92 Å². The summed E-state index contributed by atoms with van der Waals surface area (Å²) in [6, 6.07) is 6.51. The first-order valence-corrected chi connectivity index (χ1v) is 17.1. The highest BCUT2D eigenvalue weighted by Gasteiger charge is 2.32. The van der Waals surface area contributed by atoms with Crippen molar-refractivity contribution < 1.29 is 27.9 Å². The molecule has 0 aliphatic carbocycles. The molecule has 0 spiro atoms. The summed E-state index contributed by atoms with van der Waals surface area (Å²) >= 11 is 1.53. The molecule has 3 aromatic heterocycles. The summed E-state index contributed by atoms with van der Waals surface area (Å²) in [5.41, 5.74) is 1.10. The second-order valence-corrected chi connectivity index (χ2v) is 14.1. The van der Waals surface area contributed by atoms with Gasteiger partial charge in [-0.3, -0.25) is 19.1 Å². The molecule has 5 heterocycles. The summed E-state index contributed by atoms with van der Waals surface area (Å²) in [6.07, 6.45) is 7.23. The fourth-order valence-electron chi connectivity index (χ4n) is 6.11. The highest BCUT2D eigenvalue weighted by molar-refractivity contribution is 7.99. The Balaban J connectivity index is 1.24. The Morgan fingerprint density at radius 2 is 1.82 bits per heavy atom. The number of nitrogens with zero attached hydrogens (tertiary/aromatic N) is 8. The second kappa shape index (κ2) is 14.9. The number of thioether (sulfide) groups is 1. The van der Waals surface area contributed by atoms with Gasteiger partial charge in [0.05, 0.1) is 11.9 Å². The van der Waals surface area contributed by atoms with Crippen LogP contribution in [0.4, 0.5) is 14.5 Å². The highest BCUT2D eigenvalue weighted by atomic mass is 32.2. The number of hydrogen-bond donors (Lipinski definition) is 1. The minimum Gasteiger partial charge on any atom is -0.434 e. The second-order valence-electron chi connectivity index (χ2n) is 12.5. The highest BCUT2D eigenvalue weighted by Crippen LogP contribution is 2.39. The third kappa shape index (κ3) is 8.02. The van der Waals surface area contributed by atoms with Gasteiger partial charge < -0.3 is 24.8 Å². The molecule has 6 rings (SSSR count). The van der Waals surface area contributed by atoms with Crippen molar-refractivity contribution >= 4 is 40.8 Å². The SMILES string of the molecule is CC(C)Sc1ccc(OC(F)F)c(-c2nn(CC(=O)N3CCC(C(=O)N4CCN(C)CC4)CC3)cc2NC(=O)c2cnn3cccnc23)c1.